The maximum Gasteiger partial charge on any atom is 0.239 e. The van der Waals surface area contributed by atoms with E-state index >= 15 is 0 Å². The summed E-state index contributed by atoms with van der Waals surface area (Å²) in [4.78, 5) is 16.2. The molecule has 144 valence electrons. The van der Waals surface area contributed by atoms with Crippen molar-refractivity contribution in [2.45, 2.75) is 26.9 Å². The number of amides is 1. The maximum absolute atomic E-state index is 12.0. The summed E-state index contributed by atoms with van der Waals surface area (Å²) in [6, 6.07) is 13.9. The van der Waals surface area contributed by atoms with Crippen molar-refractivity contribution in [2.24, 2.45) is 4.99 Å². The molecular formula is C21H28N4O2. The van der Waals surface area contributed by atoms with Gasteiger partial charge in [-0.05, 0) is 42.7 Å². The van der Waals surface area contributed by atoms with Crippen LogP contribution in [0.2, 0.25) is 0 Å². The van der Waals surface area contributed by atoms with Crippen molar-refractivity contribution in [1.82, 2.24) is 16.0 Å². The standard InChI is InChI=1S/C21H28N4O2/c1-15-5-8-18(16(2)11-15)13-24-21(22-3)25-14-20(26)23-12-17-6-9-19(27-4)10-7-17/h5-11H,12-14H2,1-4H3,(H,23,26)(H2,22,24,25). The molecule has 2 aromatic carbocycles. The number of methoxy groups -OCH3 is 1. The Morgan fingerprint density at radius 3 is 2.37 bits per heavy atom. The lowest BCUT2D eigenvalue weighted by atomic mass is 10.1. The molecule has 0 saturated carbocycles. The number of hydrogen-bond donors (Lipinski definition) is 3. The van der Waals surface area contributed by atoms with Gasteiger partial charge in [0, 0.05) is 20.1 Å². The zero-order valence-electron chi connectivity index (χ0n) is 16.4. The van der Waals surface area contributed by atoms with Gasteiger partial charge in [0.1, 0.15) is 5.75 Å². The topological polar surface area (TPSA) is 74.8 Å². The number of guanidine groups is 1. The first kappa shape index (κ1) is 20.3. The molecule has 2 rings (SSSR count). The fraction of sp³-hybridized carbons (Fsp3) is 0.333. The molecule has 3 N–H and O–H groups in total. The van der Waals surface area contributed by atoms with Gasteiger partial charge in [-0.25, -0.2) is 0 Å². The Bertz CT molecular complexity index is 785. The number of carbonyl (C=O) groups is 1. The molecule has 0 spiro atoms. The molecule has 0 atom stereocenters. The number of nitrogens with one attached hydrogen (secondary N) is 3. The zero-order chi connectivity index (χ0) is 19.6. The van der Waals surface area contributed by atoms with E-state index in [1.54, 1.807) is 14.2 Å². The molecule has 2 aromatic rings. The van der Waals surface area contributed by atoms with Gasteiger partial charge in [0.05, 0.1) is 13.7 Å². The van der Waals surface area contributed by atoms with E-state index in [9.17, 15) is 4.79 Å². The summed E-state index contributed by atoms with van der Waals surface area (Å²) in [5.41, 5.74) is 4.69. The Labute approximate surface area is 161 Å². The molecule has 0 aromatic heterocycles. The van der Waals surface area contributed by atoms with E-state index in [0.29, 0.717) is 19.0 Å². The Kier molecular flexibility index (Phi) is 7.67. The molecule has 0 radical (unpaired) electrons. The Morgan fingerprint density at radius 2 is 1.74 bits per heavy atom. The minimum atomic E-state index is -0.0970. The summed E-state index contributed by atoms with van der Waals surface area (Å²) >= 11 is 0. The molecule has 0 saturated heterocycles. The monoisotopic (exact) mass is 368 g/mol. The normalized spacial score (nSPS) is 11.0. The number of nitrogens with zero attached hydrogens (tertiary/aromatic N) is 1. The number of rotatable bonds is 7. The van der Waals surface area contributed by atoms with Crippen LogP contribution in [0.4, 0.5) is 0 Å². The van der Waals surface area contributed by atoms with Crippen LogP contribution in [-0.4, -0.2) is 32.6 Å². The summed E-state index contributed by atoms with van der Waals surface area (Å²) in [6.45, 7) is 5.45. The van der Waals surface area contributed by atoms with Gasteiger partial charge in [0.2, 0.25) is 5.91 Å². The number of ether oxygens (including phenoxy) is 1. The van der Waals surface area contributed by atoms with Crippen molar-refractivity contribution < 1.29 is 9.53 Å². The van der Waals surface area contributed by atoms with E-state index in [4.69, 9.17) is 4.74 Å². The van der Waals surface area contributed by atoms with Gasteiger partial charge >= 0.3 is 0 Å². The largest absolute Gasteiger partial charge is 0.497 e. The number of aryl methyl sites for hydroxylation is 2. The van der Waals surface area contributed by atoms with Gasteiger partial charge in [-0.3, -0.25) is 9.79 Å². The molecule has 0 aliphatic heterocycles. The summed E-state index contributed by atoms with van der Waals surface area (Å²) in [7, 11) is 3.32. The SMILES string of the molecule is CN=C(NCC(=O)NCc1ccc(OC)cc1)NCc1ccc(C)cc1C. The van der Waals surface area contributed by atoms with Crippen molar-refractivity contribution in [3.05, 3.63) is 64.7 Å². The van der Waals surface area contributed by atoms with Crippen LogP contribution in [-0.2, 0) is 17.9 Å². The minimum Gasteiger partial charge on any atom is -0.497 e. The van der Waals surface area contributed by atoms with Crippen LogP contribution in [0.25, 0.3) is 0 Å². The second-order valence-corrected chi connectivity index (χ2v) is 6.33. The van der Waals surface area contributed by atoms with Crippen LogP contribution in [0.1, 0.15) is 22.3 Å². The first-order valence-electron chi connectivity index (χ1n) is 8.92. The average molecular weight is 368 g/mol. The predicted octanol–water partition coefficient (Wildman–Crippen LogP) is 2.29. The molecule has 6 heteroatoms. The Morgan fingerprint density at radius 1 is 1.00 bits per heavy atom. The lowest BCUT2D eigenvalue weighted by molar-refractivity contribution is -0.120. The first-order valence-corrected chi connectivity index (χ1v) is 8.92. The van der Waals surface area contributed by atoms with Gasteiger partial charge in [-0.15, -0.1) is 0 Å². The van der Waals surface area contributed by atoms with E-state index in [2.05, 4.69) is 53.0 Å². The Balaban J connectivity index is 1.74. The second-order valence-electron chi connectivity index (χ2n) is 6.33. The predicted molar refractivity (Wildman–Crippen MR) is 109 cm³/mol. The first-order chi connectivity index (χ1) is 13.0. The van der Waals surface area contributed by atoms with Crippen molar-refractivity contribution in [1.29, 1.82) is 0 Å². The number of hydrogen-bond acceptors (Lipinski definition) is 3. The summed E-state index contributed by atoms with van der Waals surface area (Å²) < 4.78 is 5.12. The van der Waals surface area contributed by atoms with Crippen LogP contribution in [0.15, 0.2) is 47.5 Å². The minimum absolute atomic E-state index is 0.0970. The second kappa shape index (κ2) is 10.2. The molecule has 0 heterocycles. The molecule has 0 fully saturated rings. The Hall–Kier alpha value is -3.02. The highest BCUT2D eigenvalue weighted by atomic mass is 16.5. The van der Waals surface area contributed by atoms with Gasteiger partial charge < -0.3 is 20.7 Å². The fourth-order valence-corrected chi connectivity index (χ4v) is 2.61. The molecule has 0 aliphatic carbocycles. The van der Waals surface area contributed by atoms with Gasteiger partial charge in [0.25, 0.3) is 0 Å². The van der Waals surface area contributed by atoms with Gasteiger partial charge in [-0.1, -0.05) is 35.9 Å². The van der Waals surface area contributed by atoms with Crippen molar-refractivity contribution in [3.8, 4) is 5.75 Å². The molecule has 27 heavy (non-hydrogen) atoms. The van der Waals surface area contributed by atoms with E-state index < -0.39 is 0 Å². The van der Waals surface area contributed by atoms with Crippen LogP contribution in [0.5, 0.6) is 5.75 Å². The van der Waals surface area contributed by atoms with Crippen LogP contribution < -0.4 is 20.7 Å². The van der Waals surface area contributed by atoms with Gasteiger partial charge in [0.15, 0.2) is 5.96 Å². The van der Waals surface area contributed by atoms with Crippen molar-refractivity contribution in [2.75, 3.05) is 20.7 Å². The summed E-state index contributed by atoms with van der Waals surface area (Å²) in [5.74, 6) is 1.29. The quantitative estimate of drug-likeness (QED) is 0.518. The third-order valence-electron chi connectivity index (χ3n) is 4.23. The average Bonchev–Trinajstić information content (AvgIpc) is 2.68. The number of carbonyl (C=O) groups excluding carboxylic acids is 1. The molecule has 6 nitrogen and oxygen atoms in total. The molecule has 0 aliphatic rings. The number of aliphatic imine (C=N–C) groups is 1. The molecule has 0 bridgehead atoms. The number of benzene rings is 2. The third kappa shape index (κ3) is 6.66. The van der Waals surface area contributed by atoms with Crippen molar-refractivity contribution >= 4 is 11.9 Å². The van der Waals surface area contributed by atoms with E-state index in [1.165, 1.54) is 16.7 Å². The summed E-state index contributed by atoms with van der Waals surface area (Å²) in [6.07, 6.45) is 0. The third-order valence-corrected chi connectivity index (χ3v) is 4.23. The molecule has 0 unspecified atom stereocenters. The van der Waals surface area contributed by atoms with Gasteiger partial charge in [-0.2, -0.15) is 0 Å². The fourth-order valence-electron chi connectivity index (χ4n) is 2.61. The molecular weight excluding hydrogens is 340 g/mol. The van der Waals surface area contributed by atoms with E-state index in [1.807, 2.05) is 24.3 Å². The van der Waals surface area contributed by atoms with E-state index in [0.717, 1.165) is 11.3 Å². The lowest BCUT2D eigenvalue weighted by Gasteiger charge is -2.13. The van der Waals surface area contributed by atoms with Crippen LogP contribution in [0.3, 0.4) is 0 Å². The highest BCUT2D eigenvalue weighted by Gasteiger charge is 2.05. The highest BCUT2D eigenvalue weighted by Crippen LogP contribution is 2.11. The highest BCUT2D eigenvalue weighted by molar-refractivity contribution is 5.86. The van der Waals surface area contributed by atoms with Crippen molar-refractivity contribution in [3.63, 3.8) is 0 Å². The maximum atomic E-state index is 12.0. The van der Waals surface area contributed by atoms with Crippen LogP contribution >= 0.6 is 0 Å². The summed E-state index contributed by atoms with van der Waals surface area (Å²) in [5, 5.41) is 9.14. The zero-order valence-corrected chi connectivity index (χ0v) is 16.4. The van der Waals surface area contributed by atoms with Crippen LogP contribution in [0, 0.1) is 13.8 Å². The lowest BCUT2D eigenvalue weighted by Crippen LogP contribution is -2.42. The smallest absolute Gasteiger partial charge is 0.239 e. The van der Waals surface area contributed by atoms with E-state index in [-0.39, 0.29) is 12.5 Å². The molecule has 1 amide bonds.